The first kappa shape index (κ1) is 15.1. The Morgan fingerprint density at radius 1 is 1.32 bits per heavy atom. The van der Waals surface area contributed by atoms with E-state index in [1.54, 1.807) is 19.1 Å². The smallest absolute Gasteiger partial charge is 0.287 e. The van der Waals surface area contributed by atoms with Crippen LogP contribution < -0.4 is 5.32 Å². The lowest BCUT2D eigenvalue weighted by Gasteiger charge is -2.28. The zero-order valence-corrected chi connectivity index (χ0v) is 13.0. The third-order valence-electron chi connectivity index (χ3n) is 4.58. The van der Waals surface area contributed by atoms with Gasteiger partial charge in [-0.15, -0.1) is 0 Å². The first-order chi connectivity index (χ1) is 10.6. The first-order valence-corrected chi connectivity index (χ1v) is 8.02. The number of furan rings is 1. The predicted octanol–water partition coefficient (Wildman–Crippen LogP) is 1.09. The molecular weight excluding hydrogens is 282 g/mol. The number of fused-ring (bicyclic) bond motifs is 1. The van der Waals surface area contributed by atoms with Crippen molar-refractivity contribution < 1.29 is 14.0 Å². The van der Waals surface area contributed by atoms with Crippen LogP contribution in [0.2, 0.25) is 0 Å². The lowest BCUT2D eigenvalue weighted by atomic mass is 10.2. The summed E-state index contributed by atoms with van der Waals surface area (Å²) in [6.07, 6.45) is 4.83. The zero-order chi connectivity index (χ0) is 15.5. The van der Waals surface area contributed by atoms with Crippen LogP contribution in [0, 0.1) is 0 Å². The maximum atomic E-state index is 12.6. The minimum Gasteiger partial charge on any atom is -0.459 e. The Morgan fingerprint density at radius 3 is 2.91 bits per heavy atom. The maximum absolute atomic E-state index is 12.6. The molecule has 0 spiro atoms. The van der Waals surface area contributed by atoms with Crippen molar-refractivity contribution in [2.75, 3.05) is 26.2 Å². The van der Waals surface area contributed by atoms with E-state index in [4.69, 9.17) is 4.42 Å². The van der Waals surface area contributed by atoms with Gasteiger partial charge >= 0.3 is 0 Å². The van der Waals surface area contributed by atoms with Gasteiger partial charge in [0.2, 0.25) is 5.91 Å². The summed E-state index contributed by atoms with van der Waals surface area (Å²) in [6, 6.07) is 3.20. The van der Waals surface area contributed by atoms with Crippen LogP contribution in [-0.4, -0.2) is 59.9 Å². The fourth-order valence-corrected chi connectivity index (χ4v) is 3.42. The molecule has 1 aromatic rings. The SMILES string of the molecule is CC(NC(=O)c1ccco1)C(=O)N1CCCN2CCCC2C1. The van der Waals surface area contributed by atoms with Crippen molar-refractivity contribution in [3.8, 4) is 0 Å². The van der Waals surface area contributed by atoms with Crippen LogP contribution in [0.15, 0.2) is 22.8 Å². The van der Waals surface area contributed by atoms with Crippen molar-refractivity contribution in [3.05, 3.63) is 24.2 Å². The molecule has 3 rings (SSSR count). The van der Waals surface area contributed by atoms with Crippen LogP contribution in [-0.2, 0) is 4.79 Å². The number of nitrogens with one attached hydrogen (secondary N) is 1. The molecule has 6 nitrogen and oxygen atoms in total. The average Bonchev–Trinajstić information content (AvgIpc) is 3.15. The Kier molecular flexibility index (Phi) is 4.47. The molecule has 2 amide bonds. The van der Waals surface area contributed by atoms with Crippen molar-refractivity contribution in [2.24, 2.45) is 0 Å². The van der Waals surface area contributed by atoms with E-state index < -0.39 is 6.04 Å². The van der Waals surface area contributed by atoms with Crippen molar-refractivity contribution in [3.63, 3.8) is 0 Å². The fraction of sp³-hybridized carbons (Fsp3) is 0.625. The highest BCUT2D eigenvalue weighted by Gasteiger charge is 2.32. The van der Waals surface area contributed by atoms with Gasteiger partial charge in [0.05, 0.1) is 6.26 Å². The van der Waals surface area contributed by atoms with Crippen LogP contribution in [0.25, 0.3) is 0 Å². The van der Waals surface area contributed by atoms with E-state index in [0.29, 0.717) is 6.04 Å². The molecule has 0 saturated carbocycles. The second-order valence-corrected chi connectivity index (χ2v) is 6.14. The van der Waals surface area contributed by atoms with E-state index in [-0.39, 0.29) is 17.6 Å². The predicted molar refractivity (Wildman–Crippen MR) is 81.4 cm³/mol. The summed E-state index contributed by atoms with van der Waals surface area (Å²) in [7, 11) is 0. The number of hydrogen-bond donors (Lipinski definition) is 1. The van der Waals surface area contributed by atoms with Gasteiger partial charge in [0, 0.05) is 25.7 Å². The van der Waals surface area contributed by atoms with Crippen molar-refractivity contribution in [1.29, 1.82) is 0 Å². The van der Waals surface area contributed by atoms with Gasteiger partial charge < -0.3 is 14.6 Å². The van der Waals surface area contributed by atoms with Crippen molar-refractivity contribution >= 4 is 11.8 Å². The number of amides is 2. The summed E-state index contributed by atoms with van der Waals surface area (Å²) in [6.45, 7) is 5.51. The van der Waals surface area contributed by atoms with Gasteiger partial charge in [-0.25, -0.2) is 0 Å². The molecule has 2 fully saturated rings. The minimum atomic E-state index is -0.537. The maximum Gasteiger partial charge on any atom is 0.287 e. The van der Waals surface area contributed by atoms with Gasteiger partial charge in [-0.3, -0.25) is 14.5 Å². The fourth-order valence-electron chi connectivity index (χ4n) is 3.42. The van der Waals surface area contributed by atoms with Gasteiger partial charge in [-0.05, 0) is 44.9 Å². The lowest BCUT2D eigenvalue weighted by Crippen LogP contribution is -2.49. The van der Waals surface area contributed by atoms with E-state index in [0.717, 1.165) is 39.0 Å². The lowest BCUT2D eigenvalue weighted by molar-refractivity contribution is -0.133. The summed E-state index contributed by atoms with van der Waals surface area (Å²) in [4.78, 5) is 29.0. The number of hydrogen-bond acceptors (Lipinski definition) is 4. The zero-order valence-electron chi connectivity index (χ0n) is 13.0. The van der Waals surface area contributed by atoms with E-state index in [2.05, 4.69) is 10.2 Å². The Bertz CT molecular complexity index is 529. The van der Waals surface area contributed by atoms with Gasteiger partial charge in [0.25, 0.3) is 5.91 Å². The summed E-state index contributed by atoms with van der Waals surface area (Å²) in [5.41, 5.74) is 0. The molecule has 2 aliphatic heterocycles. The molecule has 120 valence electrons. The van der Waals surface area contributed by atoms with Crippen molar-refractivity contribution in [2.45, 2.75) is 38.3 Å². The Labute approximate surface area is 130 Å². The number of nitrogens with zero attached hydrogens (tertiary/aromatic N) is 2. The first-order valence-electron chi connectivity index (χ1n) is 8.02. The van der Waals surface area contributed by atoms with Crippen LogP contribution in [0.3, 0.4) is 0 Å². The third kappa shape index (κ3) is 3.16. The molecule has 2 aliphatic rings. The Morgan fingerprint density at radius 2 is 2.14 bits per heavy atom. The molecule has 3 heterocycles. The molecule has 0 aliphatic carbocycles. The Balaban J connectivity index is 1.58. The van der Waals surface area contributed by atoms with Crippen molar-refractivity contribution in [1.82, 2.24) is 15.1 Å². The number of rotatable bonds is 3. The highest BCUT2D eigenvalue weighted by molar-refractivity contribution is 5.95. The van der Waals surface area contributed by atoms with E-state index >= 15 is 0 Å². The standard InChI is InChI=1S/C16H23N3O3/c1-12(17-15(20)14-6-3-10-22-14)16(21)19-9-4-8-18-7-2-5-13(18)11-19/h3,6,10,12-13H,2,4-5,7-9,11H2,1H3,(H,17,20). The summed E-state index contributed by atoms with van der Waals surface area (Å²) in [5, 5.41) is 2.72. The molecule has 22 heavy (non-hydrogen) atoms. The van der Waals surface area contributed by atoms with Crippen LogP contribution in [0.1, 0.15) is 36.7 Å². The number of carbonyl (C=O) groups excluding carboxylic acids is 2. The minimum absolute atomic E-state index is 0.00587. The second kappa shape index (κ2) is 6.52. The third-order valence-corrected chi connectivity index (χ3v) is 4.58. The molecule has 6 heteroatoms. The monoisotopic (exact) mass is 305 g/mol. The van der Waals surface area contributed by atoms with Crippen LogP contribution in [0.5, 0.6) is 0 Å². The number of carbonyl (C=O) groups is 2. The van der Waals surface area contributed by atoms with E-state index in [9.17, 15) is 9.59 Å². The molecule has 0 aromatic carbocycles. The molecular formula is C16H23N3O3. The molecule has 0 radical (unpaired) electrons. The Hall–Kier alpha value is -1.82. The van der Waals surface area contributed by atoms with Gasteiger partial charge in [0.1, 0.15) is 6.04 Å². The quantitative estimate of drug-likeness (QED) is 0.908. The molecule has 1 N–H and O–H groups in total. The van der Waals surface area contributed by atoms with Gasteiger partial charge in [-0.1, -0.05) is 0 Å². The van der Waals surface area contributed by atoms with Gasteiger partial charge in [-0.2, -0.15) is 0 Å². The summed E-state index contributed by atoms with van der Waals surface area (Å²) >= 11 is 0. The highest BCUT2D eigenvalue weighted by Crippen LogP contribution is 2.21. The molecule has 2 saturated heterocycles. The largest absolute Gasteiger partial charge is 0.459 e. The molecule has 2 unspecified atom stereocenters. The molecule has 1 aromatic heterocycles. The second-order valence-electron chi connectivity index (χ2n) is 6.14. The van der Waals surface area contributed by atoms with Crippen LogP contribution in [0.4, 0.5) is 0 Å². The summed E-state index contributed by atoms with van der Waals surface area (Å²) in [5.74, 6) is -0.116. The van der Waals surface area contributed by atoms with E-state index in [1.165, 1.54) is 12.7 Å². The molecule has 0 bridgehead atoms. The normalized spacial score (nSPS) is 23.7. The van der Waals surface area contributed by atoms with E-state index in [1.807, 2.05) is 4.90 Å². The van der Waals surface area contributed by atoms with Crippen LogP contribution >= 0.6 is 0 Å². The van der Waals surface area contributed by atoms with Gasteiger partial charge in [0.15, 0.2) is 5.76 Å². The topological polar surface area (TPSA) is 65.8 Å². The average molecular weight is 305 g/mol. The summed E-state index contributed by atoms with van der Waals surface area (Å²) < 4.78 is 5.05. The molecule has 2 atom stereocenters. The highest BCUT2D eigenvalue weighted by atomic mass is 16.3.